The highest BCUT2D eigenvalue weighted by molar-refractivity contribution is 9.10. The molecule has 0 saturated heterocycles. The standard InChI is InChI=1S/C14H10BrF2NO/c15-10-4-1-2-7-13(10)18-14(19)8-9-11(16)5-3-6-12(9)17/h1-7H,8H2,(H,18,19). The predicted octanol–water partition coefficient (Wildman–Crippen LogP) is 3.91. The normalized spacial score (nSPS) is 10.3. The molecule has 98 valence electrons. The first-order chi connectivity index (χ1) is 9.08. The van der Waals surface area contributed by atoms with Crippen LogP contribution in [0, 0.1) is 11.6 Å². The van der Waals surface area contributed by atoms with Crippen molar-refractivity contribution in [2.24, 2.45) is 0 Å². The zero-order valence-corrected chi connectivity index (χ0v) is 11.4. The second-order valence-electron chi connectivity index (χ2n) is 3.91. The summed E-state index contributed by atoms with van der Waals surface area (Å²) in [5.74, 6) is -1.92. The Morgan fingerprint density at radius 2 is 1.68 bits per heavy atom. The molecule has 0 spiro atoms. The van der Waals surface area contributed by atoms with Crippen LogP contribution in [0.2, 0.25) is 0 Å². The molecule has 1 amide bonds. The van der Waals surface area contributed by atoms with Crippen LogP contribution in [-0.2, 0) is 11.2 Å². The van der Waals surface area contributed by atoms with Crippen LogP contribution >= 0.6 is 15.9 Å². The van der Waals surface area contributed by atoms with Crippen LogP contribution in [0.5, 0.6) is 0 Å². The van der Waals surface area contributed by atoms with Crippen molar-refractivity contribution >= 4 is 27.5 Å². The molecule has 2 nitrogen and oxygen atoms in total. The first-order valence-corrected chi connectivity index (χ1v) is 6.34. The fourth-order valence-corrected chi connectivity index (χ4v) is 2.00. The molecule has 0 unspecified atom stereocenters. The zero-order valence-electron chi connectivity index (χ0n) is 9.79. The van der Waals surface area contributed by atoms with Crippen molar-refractivity contribution in [1.29, 1.82) is 0 Å². The first kappa shape index (κ1) is 13.7. The van der Waals surface area contributed by atoms with E-state index in [1.165, 1.54) is 6.07 Å². The average molecular weight is 326 g/mol. The SMILES string of the molecule is O=C(Cc1c(F)cccc1F)Nc1ccccc1Br. The van der Waals surface area contributed by atoms with Crippen molar-refractivity contribution in [1.82, 2.24) is 0 Å². The van der Waals surface area contributed by atoms with E-state index in [0.29, 0.717) is 10.2 Å². The third-order valence-electron chi connectivity index (χ3n) is 2.55. The van der Waals surface area contributed by atoms with E-state index in [-0.39, 0.29) is 12.0 Å². The highest BCUT2D eigenvalue weighted by Gasteiger charge is 2.13. The Kier molecular flexibility index (Phi) is 4.27. The van der Waals surface area contributed by atoms with Gasteiger partial charge in [0.1, 0.15) is 11.6 Å². The summed E-state index contributed by atoms with van der Waals surface area (Å²) in [6.45, 7) is 0. The number of benzene rings is 2. The number of rotatable bonds is 3. The maximum atomic E-state index is 13.4. The van der Waals surface area contributed by atoms with Gasteiger partial charge < -0.3 is 5.32 Å². The molecule has 2 aromatic carbocycles. The summed E-state index contributed by atoms with van der Waals surface area (Å²) in [7, 11) is 0. The molecule has 0 fully saturated rings. The minimum Gasteiger partial charge on any atom is -0.325 e. The summed E-state index contributed by atoms with van der Waals surface area (Å²) in [5, 5.41) is 2.59. The second-order valence-corrected chi connectivity index (χ2v) is 4.76. The van der Waals surface area contributed by atoms with Gasteiger partial charge in [-0.3, -0.25) is 4.79 Å². The van der Waals surface area contributed by atoms with Crippen LogP contribution in [0.25, 0.3) is 0 Å². The Morgan fingerprint density at radius 1 is 1.05 bits per heavy atom. The summed E-state index contributed by atoms with van der Waals surface area (Å²) in [6, 6.07) is 10.5. The van der Waals surface area contributed by atoms with Gasteiger partial charge in [0.05, 0.1) is 12.1 Å². The van der Waals surface area contributed by atoms with Gasteiger partial charge in [-0.05, 0) is 40.2 Å². The number of amides is 1. The van der Waals surface area contributed by atoms with Crippen molar-refractivity contribution in [2.45, 2.75) is 6.42 Å². The number of carbonyl (C=O) groups excluding carboxylic acids is 1. The monoisotopic (exact) mass is 325 g/mol. The van der Waals surface area contributed by atoms with Crippen molar-refractivity contribution in [3.8, 4) is 0 Å². The summed E-state index contributed by atoms with van der Waals surface area (Å²) >= 11 is 3.28. The van der Waals surface area contributed by atoms with Crippen molar-refractivity contribution in [3.63, 3.8) is 0 Å². The average Bonchev–Trinajstić information content (AvgIpc) is 2.37. The van der Waals surface area contributed by atoms with Gasteiger partial charge in [-0.1, -0.05) is 18.2 Å². The van der Waals surface area contributed by atoms with Crippen molar-refractivity contribution in [3.05, 3.63) is 64.1 Å². The molecular formula is C14H10BrF2NO. The lowest BCUT2D eigenvalue weighted by Gasteiger charge is -2.08. The van der Waals surface area contributed by atoms with Crippen molar-refractivity contribution < 1.29 is 13.6 Å². The van der Waals surface area contributed by atoms with Gasteiger partial charge in [0, 0.05) is 10.0 Å². The number of halogens is 3. The fourth-order valence-electron chi connectivity index (χ4n) is 1.62. The van der Waals surface area contributed by atoms with Gasteiger partial charge in [-0.2, -0.15) is 0 Å². The van der Waals surface area contributed by atoms with E-state index < -0.39 is 17.5 Å². The van der Waals surface area contributed by atoms with Crippen LogP contribution < -0.4 is 5.32 Å². The molecule has 0 heterocycles. The van der Waals surface area contributed by atoms with E-state index in [0.717, 1.165) is 12.1 Å². The predicted molar refractivity (Wildman–Crippen MR) is 72.8 cm³/mol. The van der Waals surface area contributed by atoms with E-state index in [2.05, 4.69) is 21.2 Å². The first-order valence-electron chi connectivity index (χ1n) is 5.55. The Labute approximate surface area is 117 Å². The molecule has 0 aliphatic heterocycles. The van der Waals surface area contributed by atoms with Gasteiger partial charge in [0.15, 0.2) is 0 Å². The lowest BCUT2D eigenvalue weighted by atomic mass is 10.1. The van der Waals surface area contributed by atoms with Gasteiger partial charge >= 0.3 is 0 Å². The lowest BCUT2D eigenvalue weighted by molar-refractivity contribution is -0.115. The van der Waals surface area contributed by atoms with E-state index >= 15 is 0 Å². The fraction of sp³-hybridized carbons (Fsp3) is 0.0714. The summed E-state index contributed by atoms with van der Waals surface area (Å²) < 4.78 is 27.5. The Balaban J connectivity index is 2.12. The third-order valence-corrected chi connectivity index (χ3v) is 3.24. The summed E-state index contributed by atoms with van der Waals surface area (Å²) in [5.41, 5.74) is 0.330. The summed E-state index contributed by atoms with van der Waals surface area (Å²) in [6.07, 6.45) is -0.347. The molecule has 2 rings (SSSR count). The number of hydrogen-bond donors (Lipinski definition) is 1. The van der Waals surface area contributed by atoms with Crippen LogP contribution in [0.15, 0.2) is 46.9 Å². The zero-order chi connectivity index (χ0) is 13.8. The topological polar surface area (TPSA) is 29.1 Å². The molecule has 19 heavy (non-hydrogen) atoms. The molecule has 0 radical (unpaired) electrons. The molecule has 5 heteroatoms. The highest BCUT2D eigenvalue weighted by atomic mass is 79.9. The minimum absolute atomic E-state index is 0.230. The number of hydrogen-bond acceptors (Lipinski definition) is 1. The van der Waals surface area contributed by atoms with Gasteiger partial charge in [0.25, 0.3) is 0 Å². The molecule has 0 aromatic heterocycles. The largest absolute Gasteiger partial charge is 0.325 e. The number of carbonyl (C=O) groups is 1. The van der Waals surface area contributed by atoms with E-state index in [4.69, 9.17) is 0 Å². The Bertz CT molecular complexity index is 596. The molecule has 0 aliphatic carbocycles. The molecule has 0 atom stereocenters. The van der Waals surface area contributed by atoms with E-state index in [9.17, 15) is 13.6 Å². The quantitative estimate of drug-likeness (QED) is 0.910. The molecule has 0 aliphatic rings. The maximum Gasteiger partial charge on any atom is 0.229 e. The smallest absolute Gasteiger partial charge is 0.229 e. The number of anilines is 1. The lowest BCUT2D eigenvalue weighted by Crippen LogP contribution is -2.16. The molecular weight excluding hydrogens is 316 g/mol. The molecule has 1 N–H and O–H groups in total. The Hall–Kier alpha value is -1.75. The summed E-state index contributed by atoms with van der Waals surface area (Å²) in [4.78, 5) is 11.8. The van der Waals surface area contributed by atoms with Crippen molar-refractivity contribution in [2.75, 3.05) is 5.32 Å². The van der Waals surface area contributed by atoms with Gasteiger partial charge in [0.2, 0.25) is 5.91 Å². The molecule has 0 bridgehead atoms. The number of nitrogens with one attached hydrogen (secondary N) is 1. The van der Waals surface area contributed by atoms with Gasteiger partial charge in [-0.15, -0.1) is 0 Å². The van der Waals surface area contributed by atoms with Crippen LogP contribution in [0.4, 0.5) is 14.5 Å². The minimum atomic E-state index is -0.720. The van der Waals surface area contributed by atoms with Gasteiger partial charge in [-0.25, -0.2) is 8.78 Å². The van der Waals surface area contributed by atoms with Crippen LogP contribution in [0.3, 0.4) is 0 Å². The third kappa shape index (κ3) is 3.38. The van der Waals surface area contributed by atoms with Crippen LogP contribution in [-0.4, -0.2) is 5.91 Å². The van der Waals surface area contributed by atoms with E-state index in [1.807, 2.05) is 0 Å². The molecule has 2 aromatic rings. The molecule has 0 saturated carbocycles. The second kappa shape index (κ2) is 5.93. The number of para-hydroxylation sites is 1. The van der Waals surface area contributed by atoms with Crippen LogP contribution in [0.1, 0.15) is 5.56 Å². The Morgan fingerprint density at radius 3 is 2.32 bits per heavy atom. The highest BCUT2D eigenvalue weighted by Crippen LogP contribution is 2.21. The van der Waals surface area contributed by atoms with E-state index in [1.54, 1.807) is 24.3 Å². The maximum absolute atomic E-state index is 13.4.